The van der Waals surface area contributed by atoms with Crippen LogP contribution in [0.25, 0.3) is 10.8 Å². The molecule has 0 aromatic heterocycles. The average molecular weight is 305 g/mol. The highest BCUT2D eigenvalue weighted by Gasteiger charge is 2.39. The highest BCUT2D eigenvalue weighted by Crippen LogP contribution is 2.30. The molecule has 0 aliphatic carbocycles. The summed E-state index contributed by atoms with van der Waals surface area (Å²) in [4.78, 5) is 11.4. The zero-order chi connectivity index (χ0) is 15.0. The zero-order valence-electron chi connectivity index (χ0n) is 11.3. The van der Waals surface area contributed by atoms with E-state index < -0.39 is 22.0 Å². The number of rotatable bonds is 3. The van der Waals surface area contributed by atoms with E-state index in [1.807, 2.05) is 18.2 Å². The van der Waals surface area contributed by atoms with Gasteiger partial charge in [0.25, 0.3) is 0 Å². The normalized spacial score (nSPS) is 19.9. The maximum atomic E-state index is 12.8. The molecular formula is C15H15NO4S. The maximum Gasteiger partial charge on any atom is 0.322 e. The van der Waals surface area contributed by atoms with E-state index >= 15 is 0 Å². The van der Waals surface area contributed by atoms with Crippen molar-refractivity contribution in [1.82, 2.24) is 4.31 Å². The van der Waals surface area contributed by atoms with Crippen molar-refractivity contribution in [3.8, 4) is 0 Å². The molecule has 21 heavy (non-hydrogen) atoms. The van der Waals surface area contributed by atoms with E-state index in [1.54, 1.807) is 18.2 Å². The smallest absolute Gasteiger partial charge is 0.322 e. The second-order valence-corrected chi connectivity index (χ2v) is 6.95. The maximum absolute atomic E-state index is 12.8. The molecule has 6 heteroatoms. The second-order valence-electron chi connectivity index (χ2n) is 5.09. The SMILES string of the molecule is O=C(O)C1CCCN1S(=O)(=O)c1cccc2ccccc12. The fourth-order valence-corrected chi connectivity index (χ4v) is 4.69. The second kappa shape index (κ2) is 5.13. The van der Waals surface area contributed by atoms with Crippen molar-refractivity contribution in [2.24, 2.45) is 0 Å². The van der Waals surface area contributed by atoms with Crippen LogP contribution < -0.4 is 0 Å². The Morgan fingerprint density at radius 3 is 2.62 bits per heavy atom. The fourth-order valence-electron chi connectivity index (χ4n) is 2.82. The van der Waals surface area contributed by atoms with Gasteiger partial charge in [-0.05, 0) is 24.3 Å². The third kappa shape index (κ3) is 2.30. The predicted octanol–water partition coefficient (Wildman–Crippen LogP) is 2.08. The first kappa shape index (κ1) is 14.0. The van der Waals surface area contributed by atoms with Gasteiger partial charge in [-0.15, -0.1) is 0 Å². The largest absolute Gasteiger partial charge is 0.480 e. The van der Waals surface area contributed by atoms with Gasteiger partial charge in [-0.1, -0.05) is 36.4 Å². The predicted molar refractivity (Wildman–Crippen MR) is 78.5 cm³/mol. The number of carboxylic acids is 1. The first-order chi connectivity index (χ1) is 10.0. The van der Waals surface area contributed by atoms with E-state index in [4.69, 9.17) is 0 Å². The Hall–Kier alpha value is -1.92. The summed E-state index contributed by atoms with van der Waals surface area (Å²) >= 11 is 0. The molecular weight excluding hydrogens is 290 g/mol. The zero-order valence-corrected chi connectivity index (χ0v) is 12.1. The molecule has 1 aliphatic rings. The van der Waals surface area contributed by atoms with Crippen molar-refractivity contribution < 1.29 is 18.3 Å². The monoisotopic (exact) mass is 305 g/mol. The summed E-state index contributed by atoms with van der Waals surface area (Å²) in [7, 11) is -3.81. The molecule has 1 aliphatic heterocycles. The Balaban J connectivity index is 2.15. The van der Waals surface area contributed by atoms with Crippen LogP contribution in [-0.2, 0) is 14.8 Å². The van der Waals surface area contributed by atoms with Gasteiger partial charge in [-0.25, -0.2) is 8.42 Å². The van der Waals surface area contributed by atoms with Gasteiger partial charge in [0.1, 0.15) is 6.04 Å². The van der Waals surface area contributed by atoms with Crippen LogP contribution in [0.5, 0.6) is 0 Å². The third-order valence-electron chi connectivity index (χ3n) is 3.83. The lowest BCUT2D eigenvalue weighted by atomic mass is 10.1. The van der Waals surface area contributed by atoms with E-state index in [1.165, 1.54) is 6.07 Å². The lowest BCUT2D eigenvalue weighted by Gasteiger charge is -2.21. The number of carboxylic acid groups (broad SMARTS) is 1. The van der Waals surface area contributed by atoms with E-state index in [2.05, 4.69) is 0 Å². The topological polar surface area (TPSA) is 74.7 Å². The quantitative estimate of drug-likeness (QED) is 0.942. The van der Waals surface area contributed by atoms with Gasteiger partial charge in [0, 0.05) is 11.9 Å². The number of aliphatic carboxylic acids is 1. The standard InChI is InChI=1S/C15H15NO4S/c17-15(18)13-8-4-10-16(13)21(19,20)14-9-3-6-11-5-1-2-7-12(11)14/h1-3,5-7,9,13H,4,8,10H2,(H,17,18). The molecule has 1 heterocycles. The number of carbonyl (C=O) groups is 1. The van der Waals surface area contributed by atoms with Gasteiger partial charge in [-0.3, -0.25) is 4.79 Å². The van der Waals surface area contributed by atoms with Gasteiger partial charge in [-0.2, -0.15) is 4.31 Å². The van der Waals surface area contributed by atoms with Crippen molar-refractivity contribution in [2.45, 2.75) is 23.8 Å². The number of nitrogens with zero attached hydrogens (tertiary/aromatic N) is 1. The molecule has 1 atom stereocenters. The summed E-state index contributed by atoms with van der Waals surface area (Å²) in [6, 6.07) is 11.3. The minimum atomic E-state index is -3.81. The molecule has 2 aromatic rings. The lowest BCUT2D eigenvalue weighted by Crippen LogP contribution is -2.40. The first-order valence-electron chi connectivity index (χ1n) is 6.74. The molecule has 0 amide bonds. The number of benzene rings is 2. The van der Waals surface area contributed by atoms with Crippen molar-refractivity contribution >= 4 is 26.8 Å². The molecule has 110 valence electrons. The average Bonchev–Trinajstić information content (AvgIpc) is 2.97. The minimum absolute atomic E-state index is 0.175. The van der Waals surface area contributed by atoms with Gasteiger partial charge in [0.05, 0.1) is 4.90 Å². The summed E-state index contributed by atoms with van der Waals surface area (Å²) < 4.78 is 26.8. The van der Waals surface area contributed by atoms with Gasteiger partial charge >= 0.3 is 5.97 Å². The minimum Gasteiger partial charge on any atom is -0.480 e. The Morgan fingerprint density at radius 2 is 1.86 bits per heavy atom. The molecule has 0 radical (unpaired) electrons. The van der Waals surface area contributed by atoms with Crippen LogP contribution in [0.15, 0.2) is 47.4 Å². The van der Waals surface area contributed by atoms with Crippen molar-refractivity contribution in [2.75, 3.05) is 6.54 Å². The number of fused-ring (bicyclic) bond motifs is 1. The van der Waals surface area contributed by atoms with E-state index in [9.17, 15) is 18.3 Å². The van der Waals surface area contributed by atoms with E-state index in [-0.39, 0.29) is 11.4 Å². The summed E-state index contributed by atoms with van der Waals surface area (Å²) in [6.45, 7) is 0.253. The Kier molecular flexibility index (Phi) is 3.43. The van der Waals surface area contributed by atoms with Crippen LogP contribution in [0.4, 0.5) is 0 Å². The summed E-state index contributed by atoms with van der Waals surface area (Å²) in [5.74, 6) is -1.09. The molecule has 3 rings (SSSR count). The van der Waals surface area contributed by atoms with Gasteiger partial charge in [0.2, 0.25) is 10.0 Å². The van der Waals surface area contributed by atoms with E-state index in [0.29, 0.717) is 18.2 Å². The molecule has 1 N–H and O–H groups in total. The van der Waals surface area contributed by atoms with Crippen molar-refractivity contribution in [1.29, 1.82) is 0 Å². The van der Waals surface area contributed by atoms with Crippen LogP contribution >= 0.6 is 0 Å². The summed E-state index contributed by atoms with van der Waals surface area (Å²) in [6.07, 6.45) is 0.931. The Labute approximate surface area is 122 Å². The molecule has 0 spiro atoms. The van der Waals surface area contributed by atoms with Crippen LogP contribution in [-0.4, -0.2) is 36.4 Å². The Bertz CT molecular complexity index is 795. The summed E-state index contributed by atoms with van der Waals surface area (Å²) in [5, 5.41) is 10.6. The molecule has 0 saturated carbocycles. The van der Waals surface area contributed by atoms with Crippen molar-refractivity contribution in [3.63, 3.8) is 0 Å². The highest BCUT2D eigenvalue weighted by atomic mass is 32.2. The number of hydrogen-bond donors (Lipinski definition) is 1. The molecule has 0 bridgehead atoms. The van der Waals surface area contributed by atoms with E-state index in [0.717, 1.165) is 9.69 Å². The number of hydrogen-bond acceptors (Lipinski definition) is 3. The fraction of sp³-hybridized carbons (Fsp3) is 0.267. The summed E-state index contributed by atoms with van der Waals surface area (Å²) in [5.41, 5.74) is 0. The molecule has 1 unspecified atom stereocenters. The van der Waals surface area contributed by atoms with Crippen LogP contribution in [0.2, 0.25) is 0 Å². The van der Waals surface area contributed by atoms with Crippen LogP contribution in [0.1, 0.15) is 12.8 Å². The molecule has 5 nitrogen and oxygen atoms in total. The highest BCUT2D eigenvalue weighted by molar-refractivity contribution is 7.89. The molecule has 1 fully saturated rings. The molecule has 2 aromatic carbocycles. The van der Waals surface area contributed by atoms with Gasteiger partial charge < -0.3 is 5.11 Å². The van der Waals surface area contributed by atoms with Crippen molar-refractivity contribution in [3.05, 3.63) is 42.5 Å². The Morgan fingerprint density at radius 1 is 1.14 bits per heavy atom. The lowest BCUT2D eigenvalue weighted by molar-refractivity contribution is -0.140. The van der Waals surface area contributed by atoms with Gasteiger partial charge in [0.15, 0.2) is 0 Å². The molecule has 1 saturated heterocycles. The number of sulfonamides is 1. The third-order valence-corrected chi connectivity index (χ3v) is 5.79. The van der Waals surface area contributed by atoms with Crippen LogP contribution in [0, 0.1) is 0 Å². The first-order valence-corrected chi connectivity index (χ1v) is 8.18. The van der Waals surface area contributed by atoms with Crippen LogP contribution in [0.3, 0.4) is 0 Å².